The Kier molecular flexibility index (Phi) is 14.8. The van der Waals surface area contributed by atoms with Crippen molar-refractivity contribution in [3.63, 3.8) is 0 Å². The maximum Gasteiger partial charge on any atom is 0.326 e. The topological polar surface area (TPSA) is 266 Å². The van der Waals surface area contributed by atoms with Crippen molar-refractivity contribution in [2.45, 2.75) is 38.1 Å². The van der Waals surface area contributed by atoms with Gasteiger partial charge in [-0.25, -0.2) is 23.9 Å². The largest absolute Gasteiger partial charge is 0.481 e. The van der Waals surface area contributed by atoms with Gasteiger partial charge in [0.2, 0.25) is 0 Å². The molecular weight excluding hydrogens is 822 g/mol. The van der Waals surface area contributed by atoms with Crippen molar-refractivity contribution in [1.29, 1.82) is 0 Å². The summed E-state index contributed by atoms with van der Waals surface area (Å²) < 4.78 is 14.3. The van der Waals surface area contributed by atoms with Gasteiger partial charge in [-0.3, -0.25) is 18.8 Å². The summed E-state index contributed by atoms with van der Waals surface area (Å²) in [5.74, 6) is -2.87. The van der Waals surface area contributed by atoms with Gasteiger partial charge in [-0.1, -0.05) is 29.5 Å². The number of hydrogen-bond donors (Lipinski definition) is 6. The number of benzene rings is 3. The van der Waals surface area contributed by atoms with Crippen molar-refractivity contribution < 1.29 is 48.2 Å². The number of rotatable bonds is 15. The van der Waals surface area contributed by atoms with E-state index >= 15 is 0 Å². The minimum atomic E-state index is -1.24. The number of carboxylic acids is 2. The number of halogens is 1. The van der Waals surface area contributed by atoms with E-state index in [2.05, 4.69) is 26.3 Å². The van der Waals surface area contributed by atoms with Crippen molar-refractivity contribution in [2.24, 2.45) is 5.73 Å². The van der Waals surface area contributed by atoms with E-state index in [0.717, 1.165) is 5.56 Å². The predicted octanol–water partition coefficient (Wildman–Crippen LogP) is 2.83. The minimum Gasteiger partial charge on any atom is -0.481 e. The van der Waals surface area contributed by atoms with Crippen LogP contribution < -0.4 is 21.7 Å². The molecule has 0 saturated carbocycles. The van der Waals surface area contributed by atoms with Gasteiger partial charge in [0.25, 0.3) is 11.8 Å². The fourth-order valence-corrected chi connectivity index (χ4v) is 7.11. The molecule has 7 N–H and O–H groups in total. The molecule has 332 valence electrons. The Hall–Kier alpha value is -7.58. The summed E-state index contributed by atoms with van der Waals surface area (Å²) in [7, 11) is 0. The number of aryl methyl sites for hydroxylation is 2. The number of hydrogen-bond acceptors (Lipinski definition) is 9. The molecule has 8 amide bonds. The van der Waals surface area contributed by atoms with Crippen molar-refractivity contribution in [1.82, 2.24) is 39.9 Å². The highest BCUT2D eigenvalue weighted by atomic mass is 19.1. The van der Waals surface area contributed by atoms with E-state index in [-0.39, 0.29) is 101 Å². The van der Waals surface area contributed by atoms with Gasteiger partial charge >= 0.3 is 30.0 Å². The molecule has 2 saturated heterocycles. The third-order valence-corrected chi connectivity index (χ3v) is 10.6. The number of nitrogens with two attached hydrogens (primary N) is 1. The van der Waals surface area contributed by atoms with Gasteiger partial charge < -0.3 is 51.5 Å². The highest BCUT2D eigenvalue weighted by Crippen LogP contribution is 2.21. The highest BCUT2D eigenvalue weighted by Gasteiger charge is 2.29. The van der Waals surface area contributed by atoms with Gasteiger partial charge in [-0.05, 0) is 72.9 Å². The number of nitrogens with zero attached hydrogens (tertiary/aromatic N) is 7. The number of urea groups is 3. The monoisotopic (exact) mass is 869 g/mol. The molecule has 6 rings (SSSR count). The smallest absolute Gasteiger partial charge is 0.326 e. The van der Waals surface area contributed by atoms with E-state index in [4.69, 9.17) is 10.8 Å². The third-order valence-electron chi connectivity index (χ3n) is 10.6. The number of aliphatic carboxylic acids is 2. The van der Waals surface area contributed by atoms with Gasteiger partial charge in [0.15, 0.2) is 0 Å². The molecule has 0 bridgehead atoms. The zero-order chi connectivity index (χ0) is 45.0. The summed E-state index contributed by atoms with van der Waals surface area (Å²) in [6.07, 6.45) is 2.59. The predicted molar refractivity (Wildman–Crippen MR) is 225 cm³/mol. The lowest BCUT2D eigenvalue weighted by Crippen LogP contribution is -2.52. The zero-order valence-corrected chi connectivity index (χ0v) is 34.2. The highest BCUT2D eigenvalue weighted by molar-refractivity contribution is 6.01. The van der Waals surface area contributed by atoms with Crippen molar-refractivity contribution in [3.05, 3.63) is 101 Å². The summed E-state index contributed by atoms with van der Waals surface area (Å²) >= 11 is 0. The second kappa shape index (κ2) is 20.8. The van der Waals surface area contributed by atoms with Crippen LogP contribution in [-0.4, -0.2) is 152 Å². The summed E-state index contributed by atoms with van der Waals surface area (Å²) in [4.78, 5) is 94.2. The van der Waals surface area contributed by atoms with Crippen LogP contribution in [0, 0.1) is 0 Å². The Morgan fingerprint density at radius 3 is 1.63 bits per heavy atom. The van der Waals surface area contributed by atoms with Gasteiger partial charge in [-0.15, -0.1) is 5.10 Å². The molecule has 0 radical (unpaired) electrons. The Morgan fingerprint density at radius 2 is 1.17 bits per heavy atom. The summed E-state index contributed by atoms with van der Waals surface area (Å²) in [6, 6.07) is 15.2. The fourth-order valence-electron chi connectivity index (χ4n) is 7.11. The van der Waals surface area contributed by atoms with E-state index < -0.39 is 36.7 Å². The lowest BCUT2D eigenvalue weighted by Gasteiger charge is -2.35. The SMILES string of the molecule is NC(=O)N[C@@H](Cc1ccc(NC(=O)N2CCN(C(=O)c3cc(C(=O)N4CCN(C(=O)Nc5ccc(CCC(=O)O)cc5)CC4)cc(-n4cc(CCCF)nn4)c3)CC2)cc1)C(=O)O. The molecule has 4 aromatic rings. The van der Waals surface area contributed by atoms with E-state index in [1.807, 2.05) is 0 Å². The lowest BCUT2D eigenvalue weighted by atomic mass is 10.1. The number of amides is 8. The maximum absolute atomic E-state index is 14.1. The first kappa shape index (κ1) is 45.0. The Labute approximate surface area is 360 Å². The van der Waals surface area contributed by atoms with Gasteiger partial charge in [-0.2, -0.15) is 0 Å². The molecule has 1 atom stereocenters. The number of anilines is 2. The fraction of sp³-hybridized carbons (Fsp3) is 0.357. The molecule has 21 heteroatoms. The summed E-state index contributed by atoms with van der Waals surface area (Å²) in [5.41, 5.74) is 8.85. The average Bonchev–Trinajstić information content (AvgIpc) is 3.77. The van der Waals surface area contributed by atoms with E-state index in [9.17, 15) is 43.1 Å². The molecule has 63 heavy (non-hydrogen) atoms. The second-order valence-corrected chi connectivity index (χ2v) is 15.0. The van der Waals surface area contributed by atoms with Crippen LogP contribution in [0.4, 0.5) is 30.1 Å². The molecule has 3 aromatic carbocycles. The maximum atomic E-state index is 14.1. The Bertz CT molecular complexity index is 2310. The Balaban J connectivity index is 1.08. The van der Waals surface area contributed by atoms with E-state index in [1.54, 1.807) is 86.5 Å². The molecule has 2 aliphatic heterocycles. The summed E-state index contributed by atoms with van der Waals surface area (Å²) in [5, 5.41) is 34.4. The first-order valence-electron chi connectivity index (χ1n) is 20.3. The number of primary amides is 1. The van der Waals surface area contributed by atoms with Crippen LogP contribution in [0.2, 0.25) is 0 Å². The molecule has 20 nitrogen and oxygen atoms in total. The normalized spacial score (nSPS) is 14.4. The number of aromatic nitrogens is 3. The van der Waals surface area contributed by atoms with Crippen LogP contribution in [0.5, 0.6) is 0 Å². The number of nitrogens with one attached hydrogen (secondary N) is 3. The van der Waals surface area contributed by atoms with E-state index in [1.165, 1.54) is 10.7 Å². The molecule has 1 aromatic heterocycles. The van der Waals surface area contributed by atoms with Crippen molar-refractivity contribution in [3.8, 4) is 5.69 Å². The van der Waals surface area contributed by atoms with Crippen LogP contribution in [0.3, 0.4) is 0 Å². The van der Waals surface area contributed by atoms with Gasteiger partial charge in [0.05, 0.1) is 24.3 Å². The number of piperazine rings is 2. The molecular formula is C42H48FN11O9. The zero-order valence-electron chi connectivity index (χ0n) is 34.2. The summed E-state index contributed by atoms with van der Waals surface area (Å²) in [6.45, 7) is 1.20. The van der Waals surface area contributed by atoms with Gasteiger partial charge in [0.1, 0.15) is 6.04 Å². The molecule has 2 aliphatic rings. The van der Waals surface area contributed by atoms with Crippen LogP contribution in [-0.2, 0) is 28.9 Å². The molecule has 0 aliphatic carbocycles. The molecule has 0 spiro atoms. The molecule has 3 heterocycles. The van der Waals surface area contributed by atoms with Crippen LogP contribution >= 0.6 is 0 Å². The first-order valence-corrected chi connectivity index (χ1v) is 20.3. The Morgan fingerprint density at radius 1 is 0.683 bits per heavy atom. The van der Waals surface area contributed by atoms with Crippen LogP contribution in [0.25, 0.3) is 5.69 Å². The number of carbonyl (C=O) groups excluding carboxylic acids is 5. The van der Waals surface area contributed by atoms with Crippen molar-refractivity contribution in [2.75, 3.05) is 69.7 Å². The quantitative estimate of drug-likeness (QED) is 0.101. The minimum absolute atomic E-state index is 0.00289. The van der Waals surface area contributed by atoms with Crippen LogP contribution in [0.15, 0.2) is 72.9 Å². The number of carboxylic acid groups (broad SMARTS) is 2. The lowest BCUT2D eigenvalue weighted by molar-refractivity contribution is -0.139. The third kappa shape index (κ3) is 12.3. The first-order chi connectivity index (χ1) is 30.3. The molecule has 0 unspecified atom stereocenters. The average molecular weight is 870 g/mol. The second-order valence-electron chi connectivity index (χ2n) is 15.0. The number of carbonyl (C=O) groups is 7. The molecule has 2 fully saturated rings. The van der Waals surface area contributed by atoms with Crippen LogP contribution in [0.1, 0.15) is 50.4 Å². The van der Waals surface area contributed by atoms with Crippen molar-refractivity contribution >= 4 is 53.2 Å². The standard InChI is InChI=1S/C42H48FN11O9/c43-13-1-2-33-26-54(49-48-33)34-24-29(37(57)50-14-18-52(19-15-50)41(62)45-31-8-3-27(4-9-31)7-12-36(55)56)23-30(25-34)38(58)51-16-20-53(21-17-51)42(63)46-32-10-5-28(6-11-32)22-35(39(59)60)47-40(44)61/h3-6,8-11,23-26,35H,1-2,7,12-22H2,(H,45,62)(H,46,63)(H,55,56)(H,59,60)(H3,44,47,61)/t35-/m0/s1. The van der Waals surface area contributed by atoms with E-state index in [0.29, 0.717) is 41.2 Å². The van der Waals surface area contributed by atoms with Gasteiger partial charge in [0, 0.05) is 87.7 Å². The number of alkyl halides is 1.